The first-order chi connectivity index (χ1) is 13.3. The van der Waals surface area contributed by atoms with Crippen LogP contribution in [0.4, 0.5) is 4.39 Å². The Kier molecular flexibility index (Phi) is 7.98. The molecule has 1 fully saturated rings. The highest BCUT2D eigenvalue weighted by atomic mass is 19.1. The molecule has 0 aliphatic heterocycles. The van der Waals surface area contributed by atoms with Gasteiger partial charge in [-0.1, -0.05) is 51.7 Å². The summed E-state index contributed by atoms with van der Waals surface area (Å²) in [7, 11) is 4.13. The minimum Gasteiger partial charge on any atom is -0.352 e. The van der Waals surface area contributed by atoms with Gasteiger partial charge in [-0.25, -0.2) is 4.39 Å². The number of benzene rings is 1. The Balaban J connectivity index is 2.06. The highest BCUT2D eigenvalue weighted by Gasteiger charge is 2.35. The zero-order valence-electron chi connectivity index (χ0n) is 17.6. The largest absolute Gasteiger partial charge is 0.352 e. The molecule has 0 radical (unpaired) electrons. The van der Waals surface area contributed by atoms with Gasteiger partial charge in [0.15, 0.2) is 0 Å². The Labute approximate surface area is 168 Å². The van der Waals surface area contributed by atoms with E-state index >= 15 is 0 Å². The fourth-order valence-electron chi connectivity index (χ4n) is 3.93. The summed E-state index contributed by atoms with van der Waals surface area (Å²) >= 11 is 0. The summed E-state index contributed by atoms with van der Waals surface area (Å²) in [6.45, 7) is 4.30. The summed E-state index contributed by atoms with van der Waals surface area (Å²) in [5.74, 6) is -1.48. The summed E-state index contributed by atoms with van der Waals surface area (Å²) in [6.07, 6.45) is 6.88. The Morgan fingerprint density at radius 3 is 2.25 bits per heavy atom. The van der Waals surface area contributed by atoms with Gasteiger partial charge in [0.2, 0.25) is 5.91 Å². The van der Waals surface area contributed by atoms with E-state index in [1.54, 1.807) is 6.07 Å². The van der Waals surface area contributed by atoms with Crippen molar-refractivity contribution in [2.24, 2.45) is 5.92 Å². The average Bonchev–Trinajstić information content (AvgIpc) is 2.91. The van der Waals surface area contributed by atoms with Crippen molar-refractivity contribution in [3.63, 3.8) is 0 Å². The number of hydrogen-bond acceptors (Lipinski definition) is 3. The van der Waals surface area contributed by atoms with Gasteiger partial charge >= 0.3 is 0 Å². The van der Waals surface area contributed by atoms with Crippen LogP contribution in [-0.2, 0) is 4.79 Å². The van der Waals surface area contributed by atoms with Crippen LogP contribution in [0.1, 0.15) is 62.7 Å². The van der Waals surface area contributed by atoms with E-state index in [0.29, 0.717) is 6.54 Å². The number of likely N-dealkylation sites (N-methyl/N-ethyl adjacent to an activating group) is 1. The molecule has 1 atom stereocenters. The lowest BCUT2D eigenvalue weighted by atomic mass is 9.88. The second-order valence-corrected chi connectivity index (χ2v) is 8.43. The van der Waals surface area contributed by atoms with Gasteiger partial charge in [0, 0.05) is 12.1 Å². The van der Waals surface area contributed by atoms with Gasteiger partial charge in [-0.15, -0.1) is 0 Å². The molecule has 0 spiro atoms. The molecule has 2 rings (SSSR count). The SMILES string of the molecule is CC(C)C(NC(=O)c1ccccc1F)C(=O)NCC1(N(C)C)CCCCCC1. The predicted octanol–water partition coefficient (Wildman–Crippen LogP) is 3.35. The monoisotopic (exact) mass is 391 g/mol. The lowest BCUT2D eigenvalue weighted by Gasteiger charge is -2.40. The van der Waals surface area contributed by atoms with Crippen LogP contribution >= 0.6 is 0 Å². The highest BCUT2D eigenvalue weighted by Crippen LogP contribution is 2.30. The van der Waals surface area contributed by atoms with E-state index in [9.17, 15) is 14.0 Å². The zero-order valence-corrected chi connectivity index (χ0v) is 17.6. The van der Waals surface area contributed by atoms with Crippen molar-refractivity contribution in [2.45, 2.75) is 64.0 Å². The lowest BCUT2D eigenvalue weighted by Crippen LogP contribution is -2.56. The van der Waals surface area contributed by atoms with Crippen LogP contribution in [0.3, 0.4) is 0 Å². The van der Waals surface area contributed by atoms with E-state index < -0.39 is 17.8 Å². The number of rotatable bonds is 7. The van der Waals surface area contributed by atoms with Crippen LogP contribution in [0, 0.1) is 11.7 Å². The highest BCUT2D eigenvalue weighted by molar-refractivity contribution is 5.97. The molecule has 0 aromatic heterocycles. The number of nitrogens with zero attached hydrogens (tertiary/aromatic N) is 1. The number of hydrogen-bond donors (Lipinski definition) is 2. The van der Waals surface area contributed by atoms with E-state index in [4.69, 9.17) is 0 Å². The smallest absolute Gasteiger partial charge is 0.254 e. The number of amides is 2. The minimum atomic E-state index is -0.711. The molecule has 1 unspecified atom stereocenters. The minimum absolute atomic E-state index is 0.0468. The third-order valence-electron chi connectivity index (χ3n) is 5.93. The van der Waals surface area contributed by atoms with Crippen LogP contribution in [0.5, 0.6) is 0 Å². The van der Waals surface area contributed by atoms with E-state index in [2.05, 4.69) is 29.6 Å². The van der Waals surface area contributed by atoms with Crippen molar-refractivity contribution < 1.29 is 14.0 Å². The fraction of sp³-hybridized carbons (Fsp3) is 0.636. The van der Waals surface area contributed by atoms with Crippen LogP contribution in [0.25, 0.3) is 0 Å². The molecule has 5 nitrogen and oxygen atoms in total. The van der Waals surface area contributed by atoms with Crippen molar-refractivity contribution in [3.8, 4) is 0 Å². The molecule has 28 heavy (non-hydrogen) atoms. The van der Waals surface area contributed by atoms with Gasteiger partial charge in [0.05, 0.1) is 5.56 Å². The van der Waals surface area contributed by atoms with Gasteiger partial charge in [0.25, 0.3) is 5.91 Å². The van der Waals surface area contributed by atoms with Crippen molar-refractivity contribution in [2.75, 3.05) is 20.6 Å². The first kappa shape index (κ1) is 22.3. The lowest BCUT2D eigenvalue weighted by molar-refractivity contribution is -0.124. The Bertz CT molecular complexity index is 668. The predicted molar refractivity (Wildman–Crippen MR) is 110 cm³/mol. The maximum absolute atomic E-state index is 13.9. The second kappa shape index (κ2) is 10.0. The van der Waals surface area contributed by atoms with Gasteiger partial charge < -0.3 is 15.5 Å². The fourth-order valence-corrected chi connectivity index (χ4v) is 3.93. The summed E-state index contributed by atoms with van der Waals surface area (Å²) in [5, 5.41) is 5.78. The Morgan fingerprint density at radius 2 is 1.71 bits per heavy atom. The molecule has 0 bridgehead atoms. The van der Waals surface area contributed by atoms with Crippen molar-refractivity contribution in [3.05, 3.63) is 35.6 Å². The first-order valence-electron chi connectivity index (χ1n) is 10.3. The standard InChI is InChI=1S/C22H34FN3O2/c1-16(2)19(25-20(27)17-11-7-8-12-18(17)23)21(28)24-15-22(26(3)4)13-9-5-6-10-14-22/h7-8,11-12,16,19H,5-6,9-10,13-15H2,1-4H3,(H,24,28)(H,25,27). The number of carbonyl (C=O) groups excluding carboxylic acids is 2. The van der Waals surface area contributed by atoms with Crippen molar-refractivity contribution >= 4 is 11.8 Å². The molecular formula is C22H34FN3O2. The molecule has 0 saturated heterocycles. The van der Waals surface area contributed by atoms with Crippen LogP contribution in [0.2, 0.25) is 0 Å². The van der Waals surface area contributed by atoms with Gasteiger partial charge in [-0.2, -0.15) is 0 Å². The molecule has 1 aliphatic carbocycles. The second-order valence-electron chi connectivity index (χ2n) is 8.43. The van der Waals surface area contributed by atoms with E-state index in [0.717, 1.165) is 25.7 Å². The molecule has 1 aromatic rings. The third kappa shape index (κ3) is 5.53. The molecular weight excluding hydrogens is 357 g/mol. The third-order valence-corrected chi connectivity index (χ3v) is 5.93. The molecule has 1 aromatic carbocycles. The summed E-state index contributed by atoms with van der Waals surface area (Å²) in [5.41, 5.74) is -0.0991. The summed E-state index contributed by atoms with van der Waals surface area (Å²) < 4.78 is 13.9. The van der Waals surface area contributed by atoms with Crippen LogP contribution < -0.4 is 10.6 Å². The van der Waals surface area contributed by atoms with Crippen LogP contribution in [-0.4, -0.2) is 48.9 Å². The molecule has 6 heteroatoms. The molecule has 1 saturated carbocycles. The molecule has 156 valence electrons. The number of halogens is 1. The maximum Gasteiger partial charge on any atom is 0.254 e. The van der Waals surface area contributed by atoms with Crippen molar-refractivity contribution in [1.29, 1.82) is 0 Å². The molecule has 2 amide bonds. The van der Waals surface area contributed by atoms with Crippen molar-refractivity contribution in [1.82, 2.24) is 15.5 Å². The number of carbonyl (C=O) groups is 2. The van der Waals surface area contributed by atoms with Gasteiger partial charge in [-0.05, 0) is 45.0 Å². The quantitative estimate of drug-likeness (QED) is 0.701. The number of nitrogens with one attached hydrogen (secondary N) is 2. The van der Waals surface area contributed by atoms with Gasteiger partial charge in [-0.3, -0.25) is 9.59 Å². The van der Waals surface area contributed by atoms with Crippen LogP contribution in [0.15, 0.2) is 24.3 Å². The first-order valence-corrected chi connectivity index (χ1v) is 10.3. The van der Waals surface area contributed by atoms with Gasteiger partial charge in [0.1, 0.15) is 11.9 Å². The summed E-state index contributed by atoms with van der Waals surface area (Å²) in [4.78, 5) is 27.6. The van der Waals surface area contributed by atoms with E-state index in [1.807, 2.05) is 13.8 Å². The molecule has 0 heterocycles. The zero-order chi connectivity index (χ0) is 20.7. The van der Waals surface area contributed by atoms with E-state index in [-0.39, 0.29) is 22.9 Å². The topological polar surface area (TPSA) is 61.4 Å². The normalized spacial score (nSPS) is 17.8. The Morgan fingerprint density at radius 1 is 1.11 bits per heavy atom. The summed E-state index contributed by atoms with van der Waals surface area (Å²) in [6, 6.07) is 5.09. The average molecular weight is 392 g/mol. The Hall–Kier alpha value is -1.95. The molecule has 2 N–H and O–H groups in total. The maximum atomic E-state index is 13.9. The molecule has 1 aliphatic rings. The van der Waals surface area contributed by atoms with E-state index in [1.165, 1.54) is 31.0 Å².